The Morgan fingerprint density at radius 1 is 1.47 bits per heavy atom. The van der Waals surface area contributed by atoms with Crippen LogP contribution >= 0.6 is 27.5 Å². The second kappa shape index (κ2) is 5.03. The van der Waals surface area contributed by atoms with E-state index >= 15 is 0 Å². The van der Waals surface area contributed by atoms with Gasteiger partial charge in [-0.05, 0) is 34.1 Å². The van der Waals surface area contributed by atoms with Crippen LogP contribution in [-0.4, -0.2) is 18.2 Å². The number of hydrogen-bond acceptors (Lipinski definition) is 4. The van der Waals surface area contributed by atoms with Gasteiger partial charge in [0.2, 0.25) is 0 Å². The van der Waals surface area contributed by atoms with E-state index in [4.69, 9.17) is 17.3 Å². The van der Waals surface area contributed by atoms with Crippen molar-refractivity contribution in [3.63, 3.8) is 0 Å². The van der Waals surface area contributed by atoms with Gasteiger partial charge in [0, 0.05) is 22.7 Å². The average molecular weight is 366 g/mol. The van der Waals surface area contributed by atoms with Crippen LogP contribution in [0.5, 0.6) is 0 Å². The molecule has 0 aliphatic rings. The molecule has 1 heterocycles. The van der Waals surface area contributed by atoms with Gasteiger partial charge < -0.3 is 5.73 Å². The zero-order valence-corrected chi connectivity index (χ0v) is 12.9. The van der Waals surface area contributed by atoms with E-state index in [1.807, 2.05) is 0 Å². The predicted octanol–water partition coefficient (Wildman–Crippen LogP) is 2.22. The lowest BCUT2D eigenvalue weighted by molar-refractivity contribution is 0.601. The average Bonchev–Trinajstić information content (AvgIpc) is 2.63. The van der Waals surface area contributed by atoms with Crippen LogP contribution in [0.25, 0.3) is 0 Å². The first-order valence-corrected chi connectivity index (χ1v) is 7.72. The number of nitrogens with one attached hydrogen (secondary N) is 1. The lowest BCUT2D eigenvalue weighted by Gasteiger charge is -2.08. The van der Waals surface area contributed by atoms with Gasteiger partial charge in [0.25, 0.3) is 10.0 Å². The van der Waals surface area contributed by atoms with Gasteiger partial charge in [-0.3, -0.25) is 9.40 Å². The van der Waals surface area contributed by atoms with Crippen LogP contribution in [0.15, 0.2) is 33.8 Å². The van der Waals surface area contributed by atoms with Crippen molar-refractivity contribution >= 4 is 49.1 Å². The van der Waals surface area contributed by atoms with Crippen LogP contribution in [0.2, 0.25) is 5.02 Å². The third-order valence-electron chi connectivity index (χ3n) is 2.29. The fraction of sp³-hybridized carbons (Fsp3) is 0.100. The predicted molar refractivity (Wildman–Crippen MR) is 77.6 cm³/mol. The molecule has 2 aromatic rings. The summed E-state index contributed by atoms with van der Waals surface area (Å²) < 4.78 is 28.6. The SMILES string of the molecule is Cn1cc(S(=O)(=O)Nc2ccc(Cl)cc2Br)c(N)n1. The summed E-state index contributed by atoms with van der Waals surface area (Å²) in [7, 11) is -2.20. The Bertz CT molecular complexity index is 729. The molecule has 1 aromatic heterocycles. The van der Waals surface area contributed by atoms with E-state index in [9.17, 15) is 8.42 Å². The first-order valence-electron chi connectivity index (χ1n) is 5.06. The van der Waals surface area contributed by atoms with Crippen molar-refractivity contribution in [3.8, 4) is 0 Å². The number of hydrogen-bond donors (Lipinski definition) is 2. The molecule has 0 spiro atoms. The zero-order chi connectivity index (χ0) is 14.2. The number of aromatic nitrogens is 2. The topological polar surface area (TPSA) is 90.0 Å². The molecule has 0 unspecified atom stereocenters. The summed E-state index contributed by atoms with van der Waals surface area (Å²) in [5, 5.41) is 4.29. The molecule has 0 fully saturated rings. The summed E-state index contributed by atoms with van der Waals surface area (Å²) >= 11 is 9.03. The molecule has 0 aliphatic heterocycles. The molecule has 6 nitrogen and oxygen atoms in total. The first kappa shape index (κ1) is 14.2. The van der Waals surface area contributed by atoms with Crippen molar-refractivity contribution < 1.29 is 8.42 Å². The number of halogens is 2. The maximum Gasteiger partial charge on any atom is 0.267 e. The third-order valence-corrected chi connectivity index (χ3v) is 4.56. The molecular weight excluding hydrogens is 356 g/mol. The number of anilines is 2. The fourth-order valence-corrected chi connectivity index (χ4v) is 3.56. The van der Waals surface area contributed by atoms with Crippen molar-refractivity contribution in [1.82, 2.24) is 9.78 Å². The second-order valence-electron chi connectivity index (χ2n) is 3.78. The van der Waals surface area contributed by atoms with Gasteiger partial charge in [0.05, 0.1) is 5.69 Å². The molecule has 1 aromatic carbocycles. The number of nitrogens with two attached hydrogens (primary N) is 1. The van der Waals surface area contributed by atoms with Gasteiger partial charge in [0.1, 0.15) is 4.90 Å². The van der Waals surface area contributed by atoms with Crippen LogP contribution in [0.1, 0.15) is 0 Å². The number of sulfonamides is 1. The van der Waals surface area contributed by atoms with Crippen LogP contribution in [0.4, 0.5) is 11.5 Å². The van der Waals surface area contributed by atoms with Gasteiger partial charge >= 0.3 is 0 Å². The maximum atomic E-state index is 12.2. The molecule has 0 saturated heterocycles. The van der Waals surface area contributed by atoms with Gasteiger partial charge in [-0.1, -0.05) is 11.6 Å². The van der Waals surface area contributed by atoms with E-state index in [1.54, 1.807) is 25.2 Å². The highest BCUT2D eigenvalue weighted by Gasteiger charge is 2.21. The van der Waals surface area contributed by atoms with Crippen molar-refractivity contribution in [2.45, 2.75) is 4.90 Å². The minimum absolute atomic E-state index is 0.0555. The van der Waals surface area contributed by atoms with Gasteiger partial charge in [-0.15, -0.1) is 0 Å². The standard InChI is InChI=1S/C10H10BrClN4O2S/c1-16-5-9(10(13)14-16)19(17,18)15-8-3-2-6(12)4-7(8)11/h2-5,15H,1H3,(H2,13,14). The van der Waals surface area contributed by atoms with Gasteiger partial charge in [-0.2, -0.15) is 5.10 Å². The maximum absolute atomic E-state index is 12.2. The quantitative estimate of drug-likeness (QED) is 0.872. The van der Waals surface area contributed by atoms with E-state index in [-0.39, 0.29) is 10.7 Å². The van der Waals surface area contributed by atoms with Crippen LogP contribution < -0.4 is 10.5 Å². The van der Waals surface area contributed by atoms with Crippen molar-refractivity contribution in [2.24, 2.45) is 7.05 Å². The highest BCUT2D eigenvalue weighted by Crippen LogP contribution is 2.28. The summed E-state index contributed by atoms with van der Waals surface area (Å²) in [5.41, 5.74) is 5.93. The third kappa shape index (κ3) is 3.02. The van der Waals surface area contributed by atoms with Crippen molar-refractivity contribution in [1.29, 1.82) is 0 Å². The summed E-state index contributed by atoms with van der Waals surface area (Å²) in [6.07, 6.45) is 1.33. The summed E-state index contributed by atoms with van der Waals surface area (Å²) in [4.78, 5) is -0.0724. The van der Waals surface area contributed by atoms with Gasteiger partial charge in [-0.25, -0.2) is 8.42 Å². The molecule has 0 atom stereocenters. The highest BCUT2D eigenvalue weighted by molar-refractivity contribution is 9.10. The van der Waals surface area contributed by atoms with E-state index in [2.05, 4.69) is 25.8 Å². The number of benzene rings is 1. The number of rotatable bonds is 3. The molecule has 102 valence electrons. The van der Waals surface area contributed by atoms with E-state index < -0.39 is 10.0 Å². The smallest absolute Gasteiger partial charge is 0.267 e. The molecule has 19 heavy (non-hydrogen) atoms. The summed E-state index contributed by atoms with van der Waals surface area (Å²) in [6.45, 7) is 0. The highest BCUT2D eigenvalue weighted by atomic mass is 79.9. The Labute approximate surface area is 123 Å². The van der Waals surface area contributed by atoms with E-state index in [1.165, 1.54) is 10.9 Å². The Kier molecular flexibility index (Phi) is 3.75. The normalized spacial score (nSPS) is 11.5. The van der Waals surface area contributed by atoms with Crippen LogP contribution in [-0.2, 0) is 17.1 Å². The minimum atomic E-state index is -3.79. The molecule has 0 amide bonds. The Hall–Kier alpha value is -1.25. The van der Waals surface area contributed by atoms with E-state index in [0.717, 1.165) is 0 Å². The molecule has 0 bridgehead atoms. The number of nitrogen functional groups attached to an aromatic ring is 1. The molecule has 9 heteroatoms. The molecule has 0 radical (unpaired) electrons. The largest absolute Gasteiger partial charge is 0.381 e. The molecule has 2 rings (SSSR count). The lowest BCUT2D eigenvalue weighted by atomic mass is 10.3. The molecule has 0 aliphatic carbocycles. The summed E-state index contributed by atoms with van der Waals surface area (Å²) in [6, 6.07) is 4.72. The summed E-state index contributed by atoms with van der Waals surface area (Å²) in [5.74, 6) is -0.0555. The number of aryl methyl sites for hydroxylation is 1. The van der Waals surface area contributed by atoms with Crippen molar-refractivity contribution in [2.75, 3.05) is 10.5 Å². The fourth-order valence-electron chi connectivity index (χ4n) is 1.46. The minimum Gasteiger partial charge on any atom is -0.381 e. The van der Waals surface area contributed by atoms with E-state index in [0.29, 0.717) is 15.2 Å². The van der Waals surface area contributed by atoms with Crippen molar-refractivity contribution in [3.05, 3.63) is 33.9 Å². The monoisotopic (exact) mass is 364 g/mol. The zero-order valence-electron chi connectivity index (χ0n) is 9.76. The molecule has 0 saturated carbocycles. The Balaban J connectivity index is 2.39. The van der Waals surface area contributed by atoms with Gasteiger partial charge in [0.15, 0.2) is 5.82 Å². The molecule has 3 N–H and O–H groups in total. The lowest BCUT2D eigenvalue weighted by Crippen LogP contribution is -2.14. The first-order chi connectivity index (χ1) is 8.79. The Morgan fingerprint density at radius 3 is 2.68 bits per heavy atom. The van der Waals surface area contributed by atoms with Crippen LogP contribution in [0, 0.1) is 0 Å². The molecular formula is C10H10BrClN4O2S. The second-order valence-corrected chi connectivity index (χ2v) is 6.72. The van der Waals surface area contributed by atoms with Crippen LogP contribution in [0.3, 0.4) is 0 Å². The Morgan fingerprint density at radius 2 is 2.16 bits per heavy atom. The number of nitrogens with zero attached hydrogens (tertiary/aromatic N) is 2.